The van der Waals surface area contributed by atoms with E-state index >= 15 is 0 Å². The lowest BCUT2D eigenvalue weighted by atomic mass is 9.96. The van der Waals surface area contributed by atoms with Crippen LogP contribution in [-0.2, 0) is 9.47 Å². The van der Waals surface area contributed by atoms with E-state index in [4.69, 9.17) is 42.1 Å². The third-order valence-corrected chi connectivity index (χ3v) is 4.96. The van der Waals surface area contributed by atoms with Crippen LogP contribution in [0, 0.1) is 34.5 Å². The second-order valence-corrected chi connectivity index (χ2v) is 7.57. The molecule has 0 radical (unpaired) electrons. The Hall–Kier alpha value is -1.70. The highest BCUT2D eigenvalue weighted by molar-refractivity contribution is 6.44. The predicted octanol–water partition coefficient (Wildman–Crippen LogP) is 4.55. The summed E-state index contributed by atoms with van der Waals surface area (Å²) in [4.78, 5) is 0. The lowest BCUT2D eigenvalue weighted by molar-refractivity contribution is -0.0684. The standard InChI is InChI=1S/C19H22Cl2N2O4/c1-10(2)17(11(3)4)27-19-13(8-23)12(7-22)18(15(20)16(19)21)26-9-14-24-5-6-25-14/h10-11,14,17H,5-6,9H2,1-4H3. The molecule has 27 heavy (non-hydrogen) atoms. The van der Waals surface area contributed by atoms with E-state index in [2.05, 4.69) is 0 Å². The molecule has 146 valence electrons. The second-order valence-electron chi connectivity index (χ2n) is 6.81. The minimum atomic E-state index is -0.556. The predicted molar refractivity (Wildman–Crippen MR) is 101 cm³/mol. The molecule has 0 N–H and O–H groups in total. The molecular formula is C19H22Cl2N2O4. The highest BCUT2D eigenvalue weighted by Crippen LogP contribution is 2.45. The van der Waals surface area contributed by atoms with Crippen molar-refractivity contribution in [1.82, 2.24) is 0 Å². The van der Waals surface area contributed by atoms with Gasteiger partial charge in [0, 0.05) is 0 Å². The zero-order chi connectivity index (χ0) is 20.1. The number of benzene rings is 1. The SMILES string of the molecule is CC(C)C(Oc1c(Cl)c(Cl)c(OCC2OCCO2)c(C#N)c1C#N)C(C)C. The van der Waals surface area contributed by atoms with E-state index < -0.39 is 6.29 Å². The summed E-state index contributed by atoms with van der Waals surface area (Å²) < 4.78 is 22.3. The molecule has 0 aromatic heterocycles. The number of hydrogen-bond acceptors (Lipinski definition) is 6. The largest absolute Gasteiger partial charge is 0.487 e. The van der Waals surface area contributed by atoms with Crippen LogP contribution in [0.3, 0.4) is 0 Å². The van der Waals surface area contributed by atoms with Crippen LogP contribution in [-0.4, -0.2) is 32.2 Å². The molecular weight excluding hydrogens is 391 g/mol. The number of rotatable bonds is 7. The van der Waals surface area contributed by atoms with Gasteiger partial charge in [0.05, 0.1) is 13.2 Å². The summed E-state index contributed by atoms with van der Waals surface area (Å²) in [6.45, 7) is 9.00. The molecule has 0 amide bonds. The van der Waals surface area contributed by atoms with Crippen LogP contribution < -0.4 is 9.47 Å². The molecule has 6 nitrogen and oxygen atoms in total. The zero-order valence-electron chi connectivity index (χ0n) is 15.7. The van der Waals surface area contributed by atoms with Gasteiger partial charge in [-0.2, -0.15) is 10.5 Å². The summed E-state index contributed by atoms with van der Waals surface area (Å²) in [5.74, 6) is 0.473. The Bertz CT molecular complexity index is 755. The molecule has 0 unspecified atom stereocenters. The Morgan fingerprint density at radius 2 is 1.44 bits per heavy atom. The molecule has 1 aliphatic rings. The van der Waals surface area contributed by atoms with Crippen LogP contribution in [0.25, 0.3) is 0 Å². The van der Waals surface area contributed by atoms with Gasteiger partial charge in [0.2, 0.25) is 0 Å². The first-order chi connectivity index (χ1) is 12.8. The highest BCUT2D eigenvalue weighted by atomic mass is 35.5. The van der Waals surface area contributed by atoms with Crippen molar-refractivity contribution in [2.24, 2.45) is 11.8 Å². The number of nitriles is 2. The summed E-state index contributed by atoms with van der Waals surface area (Å²) in [5, 5.41) is 19.3. The molecule has 1 aliphatic heterocycles. The van der Waals surface area contributed by atoms with Crippen molar-refractivity contribution in [3.63, 3.8) is 0 Å². The monoisotopic (exact) mass is 412 g/mol. The van der Waals surface area contributed by atoms with E-state index in [1.165, 1.54) is 0 Å². The van der Waals surface area contributed by atoms with E-state index in [0.717, 1.165) is 0 Å². The van der Waals surface area contributed by atoms with Gasteiger partial charge in [0.25, 0.3) is 0 Å². The van der Waals surface area contributed by atoms with Gasteiger partial charge in [-0.25, -0.2) is 0 Å². The van der Waals surface area contributed by atoms with E-state index in [0.29, 0.717) is 13.2 Å². The van der Waals surface area contributed by atoms with Crippen molar-refractivity contribution in [1.29, 1.82) is 10.5 Å². The average Bonchev–Trinajstić information content (AvgIpc) is 3.14. The number of nitrogens with zero attached hydrogens (tertiary/aromatic N) is 2. The van der Waals surface area contributed by atoms with Crippen LogP contribution in [0.1, 0.15) is 38.8 Å². The van der Waals surface area contributed by atoms with Crippen LogP contribution in [0.2, 0.25) is 10.0 Å². The van der Waals surface area contributed by atoms with Gasteiger partial charge in [-0.1, -0.05) is 50.9 Å². The smallest absolute Gasteiger partial charge is 0.191 e. The molecule has 1 fully saturated rings. The second kappa shape index (κ2) is 9.48. The highest BCUT2D eigenvalue weighted by Gasteiger charge is 2.29. The van der Waals surface area contributed by atoms with Gasteiger partial charge in [-0.05, 0) is 11.8 Å². The number of hydrogen-bond donors (Lipinski definition) is 0. The fraction of sp³-hybridized carbons (Fsp3) is 0.579. The van der Waals surface area contributed by atoms with Gasteiger partial charge < -0.3 is 18.9 Å². The molecule has 2 rings (SSSR count). The molecule has 1 saturated heterocycles. The third-order valence-electron chi connectivity index (χ3n) is 4.14. The Balaban J connectivity index is 2.46. The number of halogens is 2. The van der Waals surface area contributed by atoms with Gasteiger partial charge in [-0.15, -0.1) is 0 Å². The lowest BCUT2D eigenvalue weighted by Crippen LogP contribution is -2.29. The van der Waals surface area contributed by atoms with Crippen molar-refractivity contribution >= 4 is 23.2 Å². The van der Waals surface area contributed by atoms with Gasteiger partial charge >= 0.3 is 0 Å². The third kappa shape index (κ3) is 4.78. The van der Waals surface area contributed by atoms with E-state index in [9.17, 15) is 10.5 Å². The summed E-state index contributed by atoms with van der Waals surface area (Å²) in [6, 6.07) is 3.98. The van der Waals surface area contributed by atoms with Crippen molar-refractivity contribution < 1.29 is 18.9 Å². The maximum absolute atomic E-state index is 9.65. The maximum Gasteiger partial charge on any atom is 0.191 e. The minimum absolute atomic E-state index is 0.00135. The molecule has 1 aromatic rings. The van der Waals surface area contributed by atoms with Crippen molar-refractivity contribution in [2.45, 2.75) is 40.1 Å². The molecule has 0 bridgehead atoms. The lowest BCUT2D eigenvalue weighted by Gasteiger charge is -2.28. The Morgan fingerprint density at radius 1 is 0.963 bits per heavy atom. The van der Waals surface area contributed by atoms with E-state index in [1.54, 1.807) is 0 Å². The van der Waals surface area contributed by atoms with Crippen molar-refractivity contribution in [3.05, 3.63) is 21.2 Å². The first-order valence-electron chi connectivity index (χ1n) is 8.69. The molecule has 1 aromatic carbocycles. The molecule has 0 saturated carbocycles. The Labute approximate surface area is 169 Å². The molecule has 1 heterocycles. The molecule has 0 atom stereocenters. The fourth-order valence-corrected chi connectivity index (χ4v) is 3.40. The molecule has 0 spiro atoms. The van der Waals surface area contributed by atoms with Crippen molar-refractivity contribution in [2.75, 3.05) is 19.8 Å². The summed E-state index contributed by atoms with van der Waals surface area (Å²) in [6.07, 6.45) is -0.761. The molecule has 8 heteroatoms. The quantitative estimate of drug-likeness (QED) is 0.652. The average molecular weight is 413 g/mol. The Morgan fingerprint density at radius 3 is 1.93 bits per heavy atom. The topological polar surface area (TPSA) is 84.5 Å². The van der Waals surface area contributed by atoms with Crippen molar-refractivity contribution in [3.8, 4) is 23.6 Å². The normalized spacial score (nSPS) is 14.6. The molecule has 0 aliphatic carbocycles. The van der Waals surface area contributed by atoms with E-state index in [-0.39, 0.29) is 57.2 Å². The summed E-state index contributed by atoms with van der Waals surface area (Å²) in [7, 11) is 0. The van der Waals surface area contributed by atoms with Gasteiger partial charge in [-0.3, -0.25) is 0 Å². The fourth-order valence-electron chi connectivity index (χ4n) is 2.94. The minimum Gasteiger partial charge on any atom is -0.487 e. The van der Waals surface area contributed by atoms with Gasteiger partial charge in [0.15, 0.2) is 17.8 Å². The first-order valence-corrected chi connectivity index (χ1v) is 9.45. The van der Waals surface area contributed by atoms with Crippen LogP contribution in [0.4, 0.5) is 0 Å². The van der Waals surface area contributed by atoms with Crippen LogP contribution >= 0.6 is 23.2 Å². The zero-order valence-corrected chi connectivity index (χ0v) is 17.2. The maximum atomic E-state index is 9.65. The Kier molecular flexibility index (Phi) is 7.59. The summed E-state index contributed by atoms with van der Waals surface area (Å²) in [5.41, 5.74) is -0.0207. The summed E-state index contributed by atoms with van der Waals surface area (Å²) >= 11 is 12.8. The first kappa shape index (κ1) is 21.6. The van der Waals surface area contributed by atoms with Crippen LogP contribution in [0.15, 0.2) is 0 Å². The van der Waals surface area contributed by atoms with Crippen LogP contribution in [0.5, 0.6) is 11.5 Å². The van der Waals surface area contributed by atoms with E-state index in [1.807, 2.05) is 39.8 Å². The van der Waals surface area contributed by atoms with Gasteiger partial charge in [0.1, 0.15) is 46.0 Å². The number of ether oxygens (including phenoxy) is 4.